The summed E-state index contributed by atoms with van der Waals surface area (Å²) in [6, 6.07) is 33.5. The van der Waals surface area contributed by atoms with E-state index in [-0.39, 0.29) is 0 Å². The summed E-state index contributed by atoms with van der Waals surface area (Å²) in [4.78, 5) is 0. The van der Waals surface area contributed by atoms with Crippen molar-refractivity contribution in [1.82, 2.24) is 8.80 Å². The third kappa shape index (κ3) is 1.98. The summed E-state index contributed by atoms with van der Waals surface area (Å²) >= 11 is 0. The molecule has 168 valence electrons. The molecule has 0 N–H and O–H groups in total. The van der Waals surface area contributed by atoms with Crippen LogP contribution in [0.3, 0.4) is 0 Å². The highest BCUT2D eigenvalue weighted by Crippen LogP contribution is 2.46. The summed E-state index contributed by atoms with van der Waals surface area (Å²) in [5.74, 6) is 0. The van der Waals surface area contributed by atoms with Gasteiger partial charge in [0.1, 0.15) is 12.6 Å². The van der Waals surface area contributed by atoms with Crippen LogP contribution in [0.4, 0.5) is 0 Å². The second-order valence-corrected chi connectivity index (χ2v) is 10.2. The lowest BCUT2D eigenvalue weighted by atomic mass is 10.0. The van der Waals surface area contributed by atoms with Crippen LogP contribution in [-0.2, 0) is 7.05 Å². The van der Waals surface area contributed by atoms with Gasteiger partial charge in [-0.2, -0.15) is 4.57 Å². The predicted molar refractivity (Wildman–Crippen MR) is 150 cm³/mol. The van der Waals surface area contributed by atoms with E-state index in [4.69, 9.17) is 0 Å². The van der Waals surface area contributed by atoms with E-state index in [9.17, 15) is 0 Å². The molecule has 0 bridgehead atoms. The molecule has 3 heteroatoms. The highest BCUT2D eigenvalue weighted by atomic mass is 15.0. The van der Waals surface area contributed by atoms with Gasteiger partial charge in [0.25, 0.3) is 0 Å². The first kappa shape index (κ1) is 18.7. The summed E-state index contributed by atoms with van der Waals surface area (Å²) in [5.41, 5.74) is 11.6. The lowest BCUT2D eigenvalue weighted by Gasteiger charge is -2.05. The summed E-state index contributed by atoms with van der Waals surface area (Å²) in [7, 11) is 2.17. The minimum absolute atomic E-state index is 1.24. The van der Waals surface area contributed by atoms with E-state index >= 15 is 0 Å². The van der Waals surface area contributed by atoms with Gasteiger partial charge >= 0.3 is 0 Å². The largest absolute Gasteiger partial charge is 0.306 e. The number of aromatic nitrogens is 3. The van der Waals surface area contributed by atoms with E-state index in [1.165, 1.54) is 82.2 Å². The lowest BCUT2D eigenvalue weighted by molar-refractivity contribution is -0.659. The van der Waals surface area contributed by atoms with Crippen LogP contribution in [0.5, 0.6) is 0 Å². The minimum atomic E-state index is 1.24. The van der Waals surface area contributed by atoms with Gasteiger partial charge in [0.05, 0.1) is 27.6 Å². The molecule has 0 atom stereocenters. The Labute approximate surface area is 206 Å². The first-order valence-electron chi connectivity index (χ1n) is 12.5. The lowest BCUT2D eigenvalue weighted by Crippen LogP contribution is -2.30. The molecule has 9 aromatic rings. The number of rotatable bonds is 1. The molecule has 5 heterocycles. The molecule has 9 rings (SSSR count). The number of para-hydroxylation sites is 3. The average molecular weight is 461 g/mol. The summed E-state index contributed by atoms with van der Waals surface area (Å²) in [6.07, 6.45) is 2.32. The number of hydrogen-bond acceptors (Lipinski definition) is 0. The van der Waals surface area contributed by atoms with Gasteiger partial charge < -0.3 is 8.80 Å². The zero-order chi connectivity index (χ0) is 23.7. The maximum atomic E-state index is 2.52. The van der Waals surface area contributed by atoms with Crippen molar-refractivity contribution < 1.29 is 4.57 Å². The molecule has 0 fully saturated rings. The van der Waals surface area contributed by atoms with Gasteiger partial charge in [-0.3, -0.25) is 0 Å². The number of pyridine rings is 1. The first-order valence-corrected chi connectivity index (χ1v) is 12.5. The number of nitrogens with zero attached hydrogens (tertiary/aromatic N) is 3. The van der Waals surface area contributed by atoms with Gasteiger partial charge in [-0.05, 0) is 24.6 Å². The summed E-state index contributed by atoms with van der Waals surface area (Å²) in [5, 5.41) is 7.91. The molecule has 0 saturated heterocycles. The molecule has 4 aromatic carbocycles. The second kappa shape index (κ2) is 6.13. The second-order valence-electron chi connectivity index (χ2n) is 10.2. The van der Waals surface area contributed by atoms with Gasteiger partial charge in [-0.1, -0.05) is 72.8 Å². The number of hydrogen-bond donors (Lipinski definition) is 0. The topological polar surface area (TPSA) is 12.7 Å². The van der Waals surface area contributed by atoms with Gasteiger partial charge in [0.2, 0.25) is 5.69 Å². The van der Waals surface area contributed by atoms with Crippen LogP contribution in [0.25, 0.3) is 76.7 Å². The third-order valence-electron chi connectivity index (χ3n) is 8.34. The van der Waals surface area contributed by atoms with E-state index in [0.29, 0.717) is 0 Å². The fraction of sp³-hybridized carbons (Fsp3) is 0.0606. The zero-order valence-electron chi connectivity index (χ0n) is 20.1. The summed E-state index contributed by atoms with van der Waals surface area (Å²) in [6.45, 7) is 2.19. The highest BCUT2D eigenvalue weighted by Gasteiger charge is 2.27. The van der Waals surface area contributed by atoms with Crippen molar-refractivity contribution in [3.63, 3.8) is 0 Å². The monoisotopic (exact) mass is 460 g/mol. The van der Waals surface area contributed by atoms with Crippen LogP contribution >= 0.6 is 0 Å². The molecule has 0 spiro atoms. The molecular formula is C33H22N3+. The molecule has 0 aliphatic heterocycles. The zero-order valence-corrected chi connectivity index (χ0v) is 20.1. The Bertz CT molecular complexity index is 2330. The van der Waals surface area contributed by atoms with Crippen molar-refractivity contribution in [1.29, 1.82) is 0 Å². The Kier molecular flexibility index (Phi) is 3.18. The molecule has 36 heavy (non-hydrogen) atoms. The van der Waals surface area contributed by atoms with Gasteiger partial charge in [0.15, 0.2) is 6.20 Å². The van der Waals surface area contributed by atoms with Crippen LogP contribution in [0.15, 0.2) is 97.2 Å². The Balaban J connectivity index is 1.55. The molecule has 0 aliphatic rings. The Hall–Kier alpha value is -4.63. The highest BCUT2D eigenvalue weighted by molar-refractivity contribution is 6.31. The normalized spacial score (nSPS) is 12.7. The average Bonchev–Trinajstić information content (AvgIpc) is 3.61. The molecule has 0 aliphatic carbocycles. The van der Waals surface area contributed by atoms with Crippen LogP contribution < -0.4 is 4.57 Å². The van der Waals surface area contributed by atoms with Crippen molar-refractivity contribution in [2.45, 2.75) is 6.92 Å². The first-order chi connectivity index (χ1) is 17.7. The predicted octanol–water partition coefficient (Wildman–Crippen LogP) is 7.63. The fourth-order valence-corrected chi connectivity index (χ4v) is 6.85. The number of aryl methyl sites for hydroxylation is 2. The van der Waals surface area contributed by atoms with Crippen LogP contribution in [0, 0.1) is 6.92 Å². The van der Waals surface area contributed by atoms with Gasteiger partial charge in [-0.15, -0.1) is 0 Å². The van der Waals surface area contributed by atoms with E-state index in [2.05, 4.69) is 125 Å². The maximum absolute atomic E-state index is 2.52. The smallest absolute Gasteiger partial charge is 0.213 e. The summed E-state index contributed by atoms with van der Waals surface area (Å²) < 4.78 is 7.31. The Morgan fingerprint density at radius 3 is 1.86 bits per heavy atom. The van der Waals surface area contributed by atoms with Crippen molar-refractivity contribution in [2.75, 3.05) is 0 Å². The fourth-order valence-electron chi connectivity index (χ4n) is 6.85. The molecule has 5 aromatic heterocycles. The molecular weight excluding hydrogens is 438 g/mol. The minimum Gasteiger partial charge on any atom is -0.306 e. The van der Waals surface area contributed by atoms with Crippen LogP contribution in [0.2, 0.25) is 0 Å². The van der Waals surface area contributed by atoms with Gasteiger partial charge in [0, 0.05) is 43.9 Å². The third-order valence-corrected chi connectivity index (χ3v) is 8.34. The van der Waals surface area contributed by atoms with Crippen molar-refractivity contribution >= 4 is 65.4 Å². The van der Waals surface area contributed by atoms with Crippen molar-refractivity contribution in [3.05, 3.63) is 103 Å². The van der Waals surface area contributed by atoms with Gasteiger partial charge in [-0.25, -0.2) is 0 Å². The SMILES string of the molecule is Cc1ccccc1-c1cc2c3cccc4c3n(c2c[n+]1C)c1c2cccc3c5ccccc5n(c32)c41. The maximum Gasteiger partial charge on any atom is 0.213 e. The van der Waals surface area contributed by atoms with E-state index in [0.717, 1.165) is 0 Å². The van der Waals surface area contributed by atoms with E-state index in [1.807, 2.05) is 0 Å². The van der Waals surface area contributed by atoms with Crippen LogP contribution in [0.1, 0.15) is 5.56 Å². The van der Waals surface area contributed by atoms with E-state index in [1.54, 1.807) is 0 Å². The molecule has 0 unspecified atom stereocenters. The number of benzene rings is 4. The molecule has 0 saturated carbocycles. The van der Waals surface area contributed by atoms with E-state index < -0.39 is 0 Å². The van der Waals surface area contributed by atoms with Crippen LogP contribution in [-0.4, -0.2) is 8.80 Å². The molecule has 3 nitrogen and oxygen atoms in total. The Morgan fingerprint density at radius 1 is 0.528 bits per heavy atom. The standard InChI is InChI=1S/C33H22N3/c1-19-9-3-4-10-20(19)28-17-26-23-13-8-15-25-31(23)36(29(26)18-34(28)2)33-24-14-7-12-22-21-11-5-6-16-27(21)35(30(22)24)32(25)33/h3-18H,1-2H3/q+1. The Morgan fingerprint density at radius 2 is 1.11 bits per heavy atom. The number of fused-ring (bicyclic) bond motifs is 11. The quantitative estimate of drug-likeness (QED) is 0.223. The van der Waals surface area contributed by atoms with Crippen molar-refractivity contribution in [2.24, 2.45) is 7.05 Å². The van der Waals surface area contributed by atoms with Crippen molar-refractivity contribution in [3.8, 4) is 11.3 Å². The molecule has 0 radical (unpaired) electrons. The molecule has 0 amide bonds.